The Kier molecular flexibility index (Phi) is 3.62. The van der Waals surface area contributed by atoms with Crippen LogP contribution in [0.3, 0.4) is 0 Å². The number of carbonyl (C=O) groups is 1. The number of hydrogen-bond acceptors (Lipinski definition) is 6. The van der Waals surface area contributed by atoms with E-state index in [0.717, 1.165) is 13.2 Å². The third kappa shape index (κ3) is 2.31. The van der Waals surface area contributed by atoms with E-state index >= 15 is 0 Å². The molecule has 0 aliphatic heterocycles. The van der Waals surface area contributed by atoms with Crippen molar-refractivity contribution in [2.24, 2.45) is 0 Å². The molecule has 0 heterocycles. The summed E-state index contributed by atoms with van der Waals surface area (Å²) in [5, 5.41) is 19.5. The molecule has 0 aromatic heterocycles. The van der Waals surface area contributed by atoms with Crippen molar-refractivity contribution in [3.8, 4) is 11.8 Å². The lowest BCUT2D eigenvalue weighted by Gasteiger charge is -2.07. The Labute approximate surface area is 96.3 Å². The van der Waals surface area contributed by atoms with Gasteiger partial charge in [-0.2, -0.15) is 5.26 Å². The number of hydrogen-bond donors (Lipinski definition) is 0. The molecule has 0 saturated heterocycles. The predicted molar refractivity (Wildman–Crippen MR) is 55.7 cm³/mol. The second-order valence-corrected chi connectivity index (χ2v) is 2.93. The van der Waals surface area contributed by atoms with E-state index in [9.17, 15) is 14.9 Å². The number of rotatable bonds is 3. The van der Waals surface area contributed by atoms with Gasteiger partial charge in [-0.1, -0.05) is 0 Å². The van der Waals surface area contributed by atoms with E-state index in [4.69, 9.17) is 10.00 Å². The molecule has 7 heteroatoms. The first-order valence-corrected chi connectivity index (χ1v) is 4.40. The van der Waals surface area contributed by atoms with Crippen molar-refractivity contribution in [3.63, 3.8) is 0 Å². The van der Waals surface area contributed by atoms with Gasteiger partial charge in [-0.05, 0) is 6.07 Å². The van der Waals surface area contributed by atoms with E-state index in [1.807, 2.05) is 0 Å². The van der Waals surface area contributed by atoms with Crippen molar-refractivity contribution >= 4 is 11.7 Å². The Balaban J connectivity index is 3.59. The summed E-state index contributed by atoms with van der Waals surface area (Å²) < 4.78 is 9.28. The van der Waals surface area contributed by atoms with Crippen LogP contribution in [-0.2, 0) is 4.74 Å². The van der Waals surface area contributed by atoms with Crippen molar-refractivity contribution in [1.82, 2.24) is 0 Å². The van der Waals surface area contributed by atoms with Crippen molar-refractivity contribution in [2.45, 2.75) is 0 Å². The molecule has 0 amide bonds. The van der Waals surface area contributed by atoms with Gasteiger partial charge in [0.2, 0.25) is 0 Å². The number of esters is 1. The van der Waals surface area contributed by atoms with Crippen LogP contribution < -0.4 is 4.74 Å². The first kappa shape index (κ1) is 12.4. The highest BCUT2D eigenvalue weighted by molar-refractivity contribution is 5.97. The Bertz CT molecular complexity index is 518. The van der Waals surface area contributed by atoms with Gasteiger partial charge in [-0.25, -0.2) is 4.79 Å². The van der Waals surface area contributed by atoms with Crippen molar-refractivity contribution in [2.75, 3.05) is 14.2 Å². The molecule has 1 aromatic rings. The highest BCUT2D eigenvalue weighted by atomic mass is 16.6. The van der Waals surface area contributed by atoms with Crippen molar-refractivity contribution < 1.29 is 19.2 Å². The van der Waals surface area contributed by atoms with Gasteiger partial charge in [0.1, 0.15) is 5.75 Å². The summed E-state index contributed by atoms with van der Waals surface area (Å²) in [5.41, 5.74) is -0.798. The summed E-state index contributed by atoms with van der Waals surface area (Å²) in [4.78, 5) is 21.5. The quantitative estimate of drug-likeness (QED) is 0.444. The standard InChI is InChI=1S/C10H8N2O5/c1-16-8-4-6(5-11)3-7(12(14)15)9(8)10(13)17-2/h3-4H,1-2H3. The minimum atomic E-state index is -0.891. The lowest BCUT2D eigenvalue weighted by Crippen LogP contribution is -2.08. The maximum Gasteiger partial charge on any atom is 0.348 e. The first-order valence-electron chi connectivity index (χ1n) is 4.40. The number of ether oxygens (including phenoxy) is 2. The van der Waals surface area contributed by atoms with Crippen LogP contribution in [0.15, 0.2) is 12.1 Å². The predicted octanol–water partition coefficient (Wildman–Crippen LogP) is 1.26. The molecule has 1 aromatic carbocycles. The topological polar surface area (TPSA) is 102 Å². The molecule has 17 heavy (non-hydrogen) atoms. The molecule has 0 aliphatic carbocycles. The summed E-state index contributed by atoms with van der Waals surface area (Å²) in [6, 6.07) is 3.97. The van der Waals surface area contributed by atoms with Gasteiger partial charge in [0.25, 0.3) is 5.69 Å². The fourth-order valence-corrected chi connectivity index (χ4v) is 1.28. The molecule has 88 valence electrons. The van der Waals surface area contributed by atoms with Crippen LogP contribution in [0.2, 0.25) is 0 Å². The highest BCUT2D eigenvalue weighted by Gasteiger charge is 2.27. The maximum absolute atomic E-state index is 11.4. The fourth-order valence-electron chi connectivity index (χ4n) is 1.28. The van der Waals surface area contributed by atoms with Gasteiger partial charge in [-0.15, -0.1) is 0 Å². The van der Waals surface area contributed by atoms with Crippen LogP contribution in [-0.4, -0.2) is 25.1 Å². The molecule has 0 bridgehead atoms. The lowest BCUT2D eigenvalue weighted by molar-refractivity contribution is -0.385. The molecule has 0 saturated carbocycles. The number of carbonyl (C=O) groups excluding carboxylic acids is 1. The van der Waals surface area contributed by atoms with E-state index in [1.54, 1.807) is 6.07 Å². The monoisotopic (exact) mass is 236 g/mol. The second kappa shape index (κ2) is 4.94. The molecular formula is C10H8N2O5. The van der Waals surface area contributed by atoms with Gasteiger partial charge in [-0.3, -0.25) is 10.1 Å². The smallest absolute Gasteiger partial charge is 0.348 e. The largest absolute Gasteiger partial charge is 0.496 e. The molecule has 0 spiro atoms. The van der Waals surface area contributed by atoms with E-state index in [1.165, 1.54) is 13.2 Å². The molecule has 0 aliphatic rings. The number of methoxy groups -OCH3 is 2. The summed E-state index contributed by atoms with van der Waals surface area (Å²) in [5.74, 6) is -0.958. The number of nitrogens with zero attached hydrogens (tertiary/aromatic N) is 2. The Morgan fingerprint density at radius 3 is 2.53 bits per heavy atom. The normalized spacial score (nSPS) is 9.24. The van der Waals surface area contributed by atoms with Gasteiger partial charge >= 0.3 is 5.97 Å². The summed E-state index contributed by atoms with van der Waals surface area (Å²) >= 11 is 0. The summed E-state index contributed by atoms with van der Waals surface area (Å²) in [6.45, 7) is 0. The van der Waals surface area contributed by atoms with E-state index in [0.29, 0.717) is 0 Å². The number of benzene rings is 1. The Hall–Kier alpha value is -2.62. The third-order valence-electron chi connectivity index (χ3n) is 2.02. The van der Waals surface area contributed by atoms with Crippen LogP contribution in [0.4, 0.5) is 5.69 Å². The highest BCUT2D eigenvalue weighted by Crippen LogP contribution is 2.30. The van der Waals surface area contributed by atoms with Crippen LogP contribution in [0.25, 0.3) is 0 Å². The number of nitro groups is 1. The van der Waals surface area contributed by atoms with Crippen molar-refractivity contribution in [1.29, 1.82) is 5.26 Å². The van der Waals surface area contributed by atoms with E-state index in [2.05, 4.69) is 4.74 Å². The number of nitriles is 1. The minimum Gasteiger partial charge on any atom is -0.496 e. The molecule has 0 fully saturated rings. The van der Waals surface area contributed by atoms with Crippen LogP contribution in [0, 0.1) is 21.4 Å². The van der Waals surface area contributed by atoms with Crippen LogP contribution >= 0.6 is 0 Å². The minimum absolute atomic E-state index is 0.0289. The van der Waals surface area contributed by atoms with Crippen LogP contribution in [0.5, 0.6) is 5.75 Å². The maximum atomic E-state index is 11.4. The first-order chi connectivity index (χ1) is 8.04. The van der Waals surface area contributed by atoms with E-state index < -0.39 is 16.6 Å². The number of nitro benzene ring substituents is 1. The fraction of sp³-hybridized carbons (Fsp3) is 0.200. The molecule has 7 nitrogen and oxygen atoms in total. The molecule has 0 N–H and O–H groups in total. The molecular weight excluding hydrogens is 228 g/mol. The summed E-state index contributed by atoms with van der Waals surface area (Å²) in [7, 11) is 2.34. The average Bonchev–Trinajstić information content (AvgIpc) is 2.35. The molecule has 1 rings (SSSR count). The zero-order valence-electron chi connectivity index (χ0n) is 9.09. The zero-order valence-corrected chi connectivity index (χ0v) is 9.09. The molecule has 0 atom stereocenters. The lowest BCUT2D eigenvalue weighted by atomic mass is 10.1. The average molecular weight is 236 g/mol. The van der Waals surface area contributed by atoms with Crippen LogP contribution in [0.1, 0.15) is 15.9 Å². The Morgan fingerprint density at radius 2 is 2.12 bits per heavy atom. The molecule has 0 unspecified atom stereocenters. The van der Waals surface area contributed by atoms with Crippen molar-refractivity contribution in [3.05, 3.63) is 33.4 Å². The Morgan fingerprint density at radius 1 is 1.47 bits per heavy atom. The van der Waals surface area contributed by atoms with E-state index in [-0.39, 0.29) is 16.9 Å². The zero-order chi connectivity index (χ0) is 13.0. The summed E-state index contributed by atoms with van der Waals surface area (Å²) in [6.07, 6.45) is 0. The van der Waals surface area contributed by atoms with Gasteiger partial charge in [0.05, 0.1) is 30.8 Å². The van der Waals surface area contributed by atoms with Gasteiger partial charge < -0.3 is 9.47 Å². The second-order valence-electron chi connectivity index (χ2n) is 2.93. The molecule has 0 radical (unpaired) electrons. The third-order valence-corrected chi connectivity index (χ3v) is 2.02. The van der Waals surface area contributed by atoms with Gasteiger partial charge in [0, 0.05) is 6.07 Å². The SMILES string of the molecule is COC(=O)c1c(OC)cc(C#N)cc1[N+](=O)[O-]. The van der Waals surface area contributed by atoms with Gasteiger partial charge in [0.15, 0.2) is 5.56 Å².